The number of thiophene rings is 1. The van der Waals surface area contributed by atoms with Crippen LogP contribution in [0.1, 0.15) is 23.8 Å². The zero-order valence-corrected chi connectivity index (χ0v) is 11.3. The normalized spacial score (nSPS) is 18.2. The highest BCUT2D eigenvalue weighted by atomic mass is 32.1. The molecule has 2 aromatic heterocycles. The lowest BCUT2D eigenvalue weighted by Gasteiger charge is -2.17. The molecule has 0 spiro atoms. The Morgan fingerprint density at radius 1 is 1.53 bits per heavy atom. The quantitative estimate of drug-likeness (QED) is 0.854. The van der Waals surface area contributed by atoms with E-state index in [2.05, 4.69) is 11.9 Å². The smallest absolute Gasteiger partial charge is 0.298 e. The molecule has 1 unspecified atom stereocenters. The third-order valence-electron chi connectivity index (χ3n) is 3.67. The molecule has 0 radical (unpaired) electrons. The van der Waals surface area contributed by atoms with Gasteiger partial charge in [-0.2, -0.15) is 5.26 Å². The molecule has 2 heterocycles. The summed E-state index contributed by atoms with van der Waals surface area (Å²) in [6, 6.07) is 1.86. The van der Waals surface area contributed by atoms with E-state index in [4.69, 9.17) is 5.26 Å². The Morgan fingerprint density at radius 3 is 3.05 bits per heavy atom. The molecule has 19 heavy (non-hydrogen) atoms. The van der Waals surface area contributed by atoms with E-state index in [9.17, 15) is 9.59 Å². The summed E-state index contributed by atoms with van der Waals surface area (Å²) < 4.78 is 0.980. The predicted molar refractivity (Wildman–Crippen MR) is 73.5 cm³/mol. The van der Waals surface area contributed by atoms with Crippen LogP contribution in [0.15, 0.2) is 9.59 Å². The van der Waals surface area contributed by atoms with Crippen LogP contribution < -0.4 is 11.2 Å². The van der Waals surface area contributed by atoms with E-state index in [0.29, 0.717) is 16.1 Å². The summed E-state index contributed by atoms with van der Waals surface area (Å²) in [6.07, 6.45) is 2.91. The summed E-state index contributed by atoms with van der Waals surface area (Å²) in [5.74, 6) is 0.619. The molecule has 1 aliphatic rings. The van der Waals surface area contributed by atoms with Crippen LogP contribution >= 0.6 is 11.3 Å². The van der Waals surface area contributed by atoms with E-state index >= 15 is 0 Å². The monoisotopic (exact) mass is 275 g/mol. The summed E-state index contributed by atoms with van der Waals surface area (Å²) >= 11 is 1.51. The van der Waals surface area contributed by atoms with Crippen LogP contribution in [0.25, 0.3) is 10.2 Å². The van der Waals surface area contributed by atoms with Gasteiger partial charge in [0, 0.05) is 4.88 Å². The lowest BCUT2D eigenvalue weighted by molar-refractivity contribution is 0.509. The van der Waals surface area contributed by atoms with E-state index in [1.807, 2.05) is 6.07 Å². The van der Waals surface area contributed by atoms with Crippen LogP contribution in [0.3, 0.4) is 0 Å². The maximum Gasteiger partial charge on any atom is 0.330 e. The molecule has 0 fully saturated rings. The van der Waals surface area contributed by atoms with E-state index in [0.717, 1.165) is 29.4 Å². The summed E-state index contributed by atoms with van der Waals surface area (Å²) in [4.78, 5) is 28.7. The average molecular weight is 275 g/mol. The maximum absolute atomic E-state index is 12.4. The lowest BCUT2D eigenvalue weighted by Crippen LogP contribution is -2.34. The van der Waals surface area contributed by atoms with Crippen LogP contribution in [0.5, 0.6) is 0 Å². The minimum atomic E-state index is -0.495. The Kier molecular flexibility index (Phi) is 2.79. The molecule has 1 aliphatic carbocycles. The van der Waals surface area contributed by atoms with Crippen molar-refractivity contribution in [2.75, 3.05) is 0 Å². The van der Waals surface area contributed by atoms with Crippen molar-refractivity contribution in [1.82, 2.24) is 9.55 Å². The molecule has 3 rings (SSSR count). The number of rotatable bonds is 1. The topological polar surface area (TPSA) is 78.7 Å². The van der Waals surface area contributed by atoms with E-state index in [1.165, 1.54) is 16.2 Å². The van der Waals surface area contributed by atoms with Gasteiger partial charge in [0.15, 0.2) is 0 Å². The molecule has 2 aromatic rings. The number of H-pyrrole nitrogens is 1. The van der Waals surface area contributed by atoms with Gasteiger partial charge in [0.25, 0.3) is 5.56 Å². The van der Waals surface area contributed by atoms with Crippen molar-refractivity contribution < 1.29 is 0 Å². The molecule has 1 N–H and O–H groups in total. The van der Waals surface area contributed by atoms with Crippen molar-refractivity contribution in [3.05, 3.63) is 31.3 Å². The molecule has 0 amide bonds. The number of aromatic amines is 1. The van der Waals surface area contributed by atoms with Crippen LogP contribution in [0, 0.1) is 17.2 Å². The predicted octanol–water partition coefficient (Wildman–Crippen LogP) is 1.40. The first-order valence-electron chi connectivity index (χ1n) is 6.26. The number of hydrogen-bond donors (Lipinski definition) is 1. The summed E-state index contributed by atoms with van der Waals surface area (Å²) in [7, 11) is 0. The molecule has 0 saturated heterocycles. The number of hydrogen-bond acceptors (Lipinski definition) is 4. The summed E-state index contributed by atoms with van der Waals surface area (Å²) in [5, 5.41) is 9.32. The molecule has 0 aliphatic heterocycles. The Labute approximate surface area is 113 Å². The SMILES string of the molecule is CC1CCc2c(sc3[nH]c(=O)n(CC#N)c(=O)c23)C1. The van der Waals surface area contributed by atoms with Crippen LogP contribution in [-0.4, -0.2) is 9.55 Å². The number of aryl methyl sites for hydroxylation is 1. The zero-order chi connectivity index (χ0) is 13.6. The molecule has 0 saturated carbocycles. The van der Waals surface area contributed by atoms with Gasteiger partial charge in [-0.1, -0.05) is 6.92 Å². The first-order chi connectivity index (χ1) is 9.11. The first-order valence-corrected chi connectivity index (χ1v) is 7.07. The zero-order valence-electron chi connectivity index (χ0n) is 10.5. The van der Waals surface area contributed by atoms with E-state index in [-0.39, 0.29) is 12.1 Å². The molecule has 0 aromatic carbocycles. The Bertz CT molecular complexity index is 806. The van der Waals surface area contributed by atoms with Crippen molar-refractivity contribution in [2.45, 2.75) is 32.7 Å². The Morgan fingerprint density at radius 2 is 2.32 bits per heavy atom. The summed E-state index contributed by atoms with van der Waals surface area (Å²) in [6.45, 7) is 2.00. The average Bonchev–Trinajstić information content (AvgIpc) is 2.71. The third-order valence-corrected chi connectivity index (χ3v) is 4.83. The number of nitriles is 1. The number of nitrogens with zero attached hydrogens (tertiary/aromatic N) is 2. The van der Waals surface area contributed by atoms with E-state index in [1.54, 1.807) is 0 Å². The number of fused-ring (bicyclic) bond motifs is 3. The van der Waals surface area contributed by atoms with Gasteiger partial charge in [-0.3, -0.25) is 9.78 Å². The van der Waals surface area contributed by atoms with Gasteiger partial charge in [0.1, 0.15) is 11.4 Å². The Hall–Kier alpha value is -1.87. The Balaban J connectivity index is 2.34. The highest BCUT2D eigenvalue weighted by Gasteiger charge is 2.23. The van der Waals surface area contributed by atoms with Crippen molar-refractivity contribution >= 4 is 21.6 Å². The van der Waals surface area contributed by atoms with Crippen molar-refractivity contribution in [3.63, 3.8) is 0 Å². The van der Waals surface area contributed by atoms with Crippen molar-refractivity contribution in [2.24, 2.45) is 5.92 Å². The van der Waals surface area contributed by atoms with Gasteiger partial charge in [0.2, 0.25) is 0 Å². The van der Waals surface area contributed by atoms with Crippen LogP contribution in [0.4, 0.5) is 0 Å². The summed E-state index contributed by atoms with van der Waals surface area (Å²) in [5.41, 5.74) is 0.254. The van der Waals surface area contributed by atoms with Gasteiger partial charge < -0.3 is 0 Å². The van der Waals surface area contributed by atoms with Gasteiger partial charge in [-0.05, 0) is 30.7 Å². The fourth-order valence-corrected chi connectivity index (χ4v) is 4.06. The minimum absolute atomic E-state index is 0.203. The molecular weight excluding hydrogens is 262 g/mol. The number of nitrogens with one attached hydrogen (secondary N) is 1. The lowest BCUT2D eigenvalue weighted by atomic mass is 9.89. The largest absolute Gasteiger partial charge is 0.330 e. The molecule has 0 bridgehead atoms. The second kappa shape index (κ2) is 4.35. The van der Waals surface area contributed by atoms with Gasteiger partial charge in [0.05, 0.1) is 11.5 Å². The minimum Gasteiger partial charge on any atom is -0.298 e. The third kappa shape index (κ3) is 1.81. The second-order valence-corrected chi connectivity index (χ2v) is 6.14. The van der Waals surface area contributed by atoms with Crippen molar-refractivity contribution in [3.8, 4) is 6.07 Å². The fraction of sp³-hybridized carbons (Fsp3) is 0.462. The fourth-order valence-electron chi connectivity index (χ4n) is 2.67. The number of aromatic nitrogens is 2. The molecule has 98 valence electrons. The highest BCUT2D eigenvalue weighted by molar-refractivity contribution is 7.18. The maximum atomic E-state index is 12.4. The van der Waals surface area contributed by atoms with Gasteiger partial charge in [-0.15, -0.1) is 11.3 Å². The van der Waals surface area contributed by atoms with Gasteiger partial charge >= 0.3 is 5.69 Å². The molecule has 1 atom stereocenters. The molecule has 6 heteroatoms. The standard InChI is InChI=1S/C13H13N3O2S/c1-7-2-3-8-9(6-7)19-11-10(8)12(17)16(5-4-14)13(18)15-11/h7H,2-3,5-6H2,1H3,(H,15,18). The van der Waals surface area contributed by atoms with Gasteiger partial charge in [-0.25, -0.2) is 9.36 Å². The van der Waals surface area contributed by atoms with Crippen LogP contribution in [-0.2, 0) is 19.4 Å². The highest BCUT2D eigenvalue weighted by Crippen LogP contribution is 2.35. The molecular formula is C13H13N3O2S. The van der Waals surface area contributed by atoms with E-state index < -0.39 is 5.69 Å². The first kappa shape index (κ1) is 12.2. The molecule has 5 nitrogen and oxygen atoms in total. The second-order valence-electron chi connectivity index (χ2n) is 5.04. The van der Waals surface area contributed by atoms with Crippen molar-refractivity contribution in [1.29, 1.82) is 5.26 Å². The van der Waals surface area contributed by atoms with Crippen LogP contribution in [0.2, 0.25) is 0 Å².